The maximum atomic E-state index is 8.87. The van der Waals surface area contributed by atoms with Gasteiger partial charge in [-0.25, -0.2) is 9.67 Å². The molecule has 0 saturated heterocycles. The second-order valence-corrected chi connectivity index (χ2v) is 3.66. The predicted molar refractivity (Wildman–Crippen MR) is 55.2 cm³/mol. The van der Waals surface area contributed by atoms with E-state index >= 15 is 0 Å². The van der Waals surface area contributed by atoms with Gasteiger partial charge in [0.2, 0.25) is 0 Å². The highest BCUT2D eigenvalue weighted by molar-refractivity contribution is 4.86. The van der Waals surface area contributed by atoms with Crippen LogP contribution in [-0.4, -0.2) is 44.2 Å². The smallest absolute Gasteiger partial charge is 0.141 e. The van der Waals surface area contributed by atoms with Gasteiger partial charge in [0.05, 0.1) is 25.8 Å². The molecule has 1 aromatic heterocycles. The number of nitrogens with zero attached hydrogens (tertiary/aromatic N) is 3. The van der Waals surface area contributed by atoms with Gasteiger partial charge < -0.3 is 15.5 Å². The number of aliphatic hydroxyl groups excluding tert-OH is 2. The summed E-state index contributed by atoms with van der Waals surface area (Å²) in [5.41, 5.74) is 0. The standard InChI is InChI=1S/C9H18N4O2/c1-7(2)13-9(11-6-12-13)3-10-8(4-14)5-15/h6-8,10,14-15H,3-5H2,1-2H3. The van der Waals surface area contributed by atoms with Crippen molar-refractivity contribution in [3.63, 3.8) is 0 Å². The molecule has 0 bridgehead atoms. The van der Waals surface area contributed by atoms with Crippen molar-refractivity contribution in [1.82, 2.24) is 20.1 Å². The molecule has 15 heavy (non-hydrogen) atoms. The van der Waals surface area contributed by atoms with E-state index in [1.165, 1.54) is 6.33 Å². The number of aliphatic hydroxyl groups is 2. The third-order valence-electron chi connectivity index (χ3n) is 2.13. The van der Waals surface area contributed by atoms with Gasteiger partial charge in [-0.15, -0.1) is 0 Å². The fourth-order valence-corrected chi connectivity index (χ4v) is 1.25. The van der Waals surface area contributed by atoms with E-state index in [4.69, 9.17) is 10.2 Å². The minimum Gasteiger partial charge on any atom is -0.395 e. The zero-order valence-corrected chi connectivity index (χ0v) is 9.09. The molecule has 0 spiro atoms. The van der Waals surface area contributed by atoms with Gasteiger partial charge >= 0.3 is 0 Å². The molecule has 3 N–H and O–H groups in total. The lowest BCUT2D eigenvalue weighted by Gasteiger charge is -2.14. The lowest BCUT2D eigenvalue weighted by molar-refractivity contribution is 0.169. The molecule has 0 radical (unpaired) electrons. The Morgan fingerprint density at radius 1 is 1.40 bits per heavy atom. The molecule has 0 saturated carbocycles. The third-order valence-corrected chi connectivity index (χ3v) is 2.13. The average molecular weight is 214 g/mol. The second-order valence-electron chi connectivity index (χ2n) is 3.66. The van der Waals surface area contributed by atoms with Crippen molar-refractivity contribution >= 4 is 0 Å². The maximum absolute atomic E-state index is 8.87. The van der Waals surface area contributed by atoms with Crippen molar-refractivity contribution in [2.24, 2.45) is 0 Å². The summed E-state index contributed by atoms with van der Waals surface area (Å²) in [5.74, 6) is 0.803. The number of nitrogens with one attached hydrogen (secondary N) is 1. The Labute approximate surface area is 89.0 Å². The average Bonchev–Trinajstić information content (AvgIpc) is 2.67. The maximum Gasteiger partial charge on any atom is 0.141 e. The van der Waals surface area contributed by atoms with Crippen LogP contribution in [-0.2, 0) is 6.54 Å². The Kier molecular flexibility index (Phi) is 4.67. The van der Waals surface area contributed by atoms with E-state index in [1.807, 2.05) is 13.8 Å². The molecule has 6 heteroatoms. The van der Waals surface area contributed by atoms with E-state index in [9.17, 15) is 0 Å². The van der Waals surface area contributed by atoms with Crippen LogP contribution in [0.15, 0.2) is 6.33 Å². The van der Waals surface area contributed by atoms with Crippen LogP contribution in [0.3, 0.4) is 0 Å². The van der Waals surface area contributed by atoms with Gasteiger partial charge in [-0.3, -0.25) is 0 Å². The highest BCUT2D eigenvalue weighted by Crippen LogP contribution is 2.04. The van der Waals surface area contributed by atoms with Gasteiger partial charge in [-0.2, -0.15) is 5.10 Å². The second kappa shape index (κ2) is 5.79. The van der Waals surface area contributed by atoms with Crippen molar-refractivity contribution in [3.05, 3.63) is 12.2 Å². The molecular formula is C9H18N4O2. The van der Waals surface area contributed by atoms with E-state index in [1.54, 1.807) is 4.68 Å². The molecule has 0 aliphatic carbocycles. The van der Waals surface area contributed by atoms with Crippen molar-refractivity contribution < 1.29 is 10.2 Å². The summed E-state index contributed by atoms with van der Waals surface area (Å²) in [7, 11) is 0. The molecule has 0 amide bonds. The van der Waals surface area contributed by atoms with Gasteiger partial charge in [-0.05, 0) is 13.8 Å². The fraction of sp³-hybridized carbons (Fsp3) is 0.778. The number of rotatable bonds is 6. The molecule has 0 atom stereocenters. The highest BCUT2D eigenvalue weighted by atomic mass is 16.3. The van der Waals surface area contributed by atoms with Crippen molar-refractivity contribution in [2.75, 3.05) is 13.2 Å². The van der Waals surface area contributed by atoms with E-state index in [-0.39, 0.29) is 25.3 Å². The number of hydrogen-bond acceptors (Lipinski definition) is 5. The minimum absolute atomic E-state index is 0.0910. The summed E-state index contributed by atoms with van der Waals surface area (Å²) in [6.07, 6.45) is 1.50. The van der Waals surface area contributed by atoms with E-state index in [2.05, 4.69) is 15.4 Å². The Morgan fingerprint density at radius 3 is 2.60 bits per heavy atom. The summed E-state index contributed by atoms with van der Waals surface area (Å²) in [4.78, 5) is 4.10. The van der Waals surface area contributed by atoms with Crippen molar-refractivity contribution in [1.29, 1.82) is 0 Å². The fourth-order valence-electron chi connectivity index (χ4n) is 1.25. The molecule has 0 fully saturated rings. The van der Waals surface area contributed by atoms with E-state index < -0.39 is 0 Å². The van der Waals surface area contributed by atoms with Crippen LogP contribution in [0.5, 0.6) is 0 Å². The lowest BCUT2D eigenvalue weighted by atomic mass is 10.3. The molecular weight excluding hydrogens is 196 g/mol. The van der Waals surface area contributed by atoms with Gasteiger partial charge in [0.25, 0.3) is 0 Å². The molecule has 6 nitrogen and oxygen atoms in total. The van der Waals surface area contributed by atoms with Gasteiger partial charge in [0.15, 0.2) is 0 Å². The largest absolute Gasteiger partial charge is 0.395 e. The topological polar surface area (TPSA) is 83.2 Å². The van der Waals surface area contributed by atoms with E-state index in [0.717, 1.165) is 5.82 Å². The predicted octanol–water partition coefficient (Wildman–Crippen LogP) is -0.698. The van der Waals surface area contributed by atoms with Crippen LogP contribution in [0.1, 0.15) is 25.7 Å². The molecule has 1 aromatic rings. The normalized spacial score (nSPS) is 11.6. The first-order valence-electron chi connectivity index (χ1n) is 5.02. The van der Waals surface area contributed by atoms with Crippen molar-refractivity contribution in [3.8, 4) is 0 Å². The molecule has 1 rings (SSSR count). The SMILES string of the molecule is CC(C)n1ncnc1CNC(CO)CO. The monoisotopic (exact) mass is 214 g/mol. The molecule has 86 valence electrons. The Balaban J connectivity index is 2.53. The molecule has 0 unspecified atom stereocenters. The van der Waals surface area contributed by atoms with Crippen LogP contribution in [0.25, 0.3) is 0 Å². The summed E-state index contributed by atoms with van der Waals surface area (Å²) < 4.78 is 1.80. The van der Waals surface area contributed by atoms with Gasteiger partial charge in [0, 0.05) is 6.04 Å². The van der Waals surface area contributed by atoms with Gasteiger partial charge in [-0.1, -0.05) is 0 Å². The highest BCUT2D eigenvalue weighted by Gasteiger charge is 2.10. The van der Waals surface area contributed by atoms with Crippen LogP contribution in [0.2, 0.25) is 0 Å². The van der Waals surface area contributed by atoms with Gasteiger partial charge in [0.1, 0.15) is 12.2 Å². The first-order chi connectivity index (χ1) is 7.19. The Hall–Kier alpha value is -0.980. The Morgan fingerprint density at radius 2 is 2.07 bits per heavy atom. The third kappa shape index (κ3) is 3.26. The first kappa shape index (κ1) is 12.1. The summed E-state index contributed by atoms with van der Waals surface area (Å²) >= 11 is 0. The Bertz CT molecular complexity index is 283. The molecule has 1 heterocycles. The van der Waals surface area contributed by atoms with Crippen LogP contribution in [0, 0.1) is 0 Å². The van der Waals surface area contributed by atoms with Crippen LogP contribution >= 0.6 is 0 Å². The van der Waals surface area contributed by atoms with Crippen LogP contribution < -0.4 is 5.32 Å². The number of hydrogen-bond donors (Lipinski definition) is 3. The molecule has 0 aliphatic heterocycles. The van der Waals surface area contributed by atoms with E-state index in [0.29, 0.717) is 6.54 Å². The summed E-state index contributed by atoms with van der Waals surface area (Å²) in [6, 6.07) is -0.0479. The van der Waals surface area contributed by atoms with Crippen LogP contribution in [0.4, 0.5) is 0 Å². The lowest BCUT2D eigenvalue weighted by Crippen LogP contribution is -2.36. The first-order valence-corrected chi connectivity index (χ1v) is 5.02. The minimum atomic E-state index is -0.303. The quantitative estimate of drug-likeness (QED) is 0.583. The zero-order valence-electron chi connectivity index (χ0n) is 9.09. The zero-order chi connectivity index (χ0) is 11.3. The van der Waals surface area contributed by atoms with Crippen molar-refractivity contribution in [2.45, 2.75) is 32.5 Å². The summed E-state index contributed by atoms with van der Waals surface area (Å²) in [5, 5.41) is 24.8. The molecule has 0 aromatic carbocycles. The number of aromatic nitrogens is 3. The summed E-state index contributed by atoms with van der Waals surface area (Å²) in [6.45, 7) is 4.35. The molecule has 0 aliphatic rings.